The molecular weight excluding hydrogens is 324 g/mol. The molecule has 0 atom stereocenters. The molecule has 0 spiro atoms. The Bertz CT molecular complexity index is 780. The van der Waals surface area contributed by atoms with Crippen molar-refractivity contribution < 1.29 is 9.84 Å². The maximum Gasteiger partial charge on any atom is 0.146 e. The monoisotopic (exact) mass is 354 g/mol. The number of benzene rings is 2. The van der Waals surface area contributed by atoms with Crippen LogP contribution in [0.1, 0.15) is 59.6 Å². The van der Waals surface area contributed by atoms with Crippen LogP contribution in [0.5, 0.6) is 11.5 Å². The fourth-order valence-corrected chi connectivity index (χ4v) is 2.59. The largest absolute Gasteiger partial charge is 0.505 e. The predicted octanol–water partition coefficient (Wildman–Crippen LogP) is 6.80. The van der Waals surface area contributed by atoms with E-state index in [2.05, 4.69) is 57.8 Å². The van der Waals surface area contributed by atoms with Crippen LogP contribution in [0.2, 0.25) is 0 Å². The Balaban J connectivity index is 2.44. The summed E-state index contributed by atoms with van der Waals surface area (Å²) < 4.78 is 5.44. The number of rotatable bonds is 4. The minimum Gasteiger partial charge on any atom is -0.505 e. The lowest BCUT2D eigenvalue weighted by molar-refractivity contribution is 0.340. The van der Waals surface area contributed by atoms with E-state index in [1.807, 2.05) is 37.3 Å². The molecule has 0 heterocycles. The molecule has 2 rings (SSSR count). The zero-order chi connectivity index (χ0) is 19.5. The second-order valence-electron chi connectivity index (χ2n) is 8.52. The third-order valence-electron chi connectivity index (χ3n) is 4.18. The second-order valence-corrected chi connectivity index (χ2v) is 8.52. The van der Waals surface area contributed by atoms with E-state index in [9.17, 15) is 5.11 Å². The van der Waals surface area contributed by atoms with E-state index in [-0.39, 0.29) is 16.6 Å². The first kappa shape index (κ1) is 20.0. The first-order valence-electron chi connectivity index (χ1n) is 9.05. The van der Waals surface area contributed by atoms with Gasteiger partial charge in [-0.3, -0.25) is 0 Å². The van der Waals surface area contributed by atoms with Crippen LogP contribution >= 0.6 is 0 Å². The lowest BCUT2D eigenvalue weighted by Crippen LogP contribution is -2.16. The number of ether oxygens (including phenoxy) is 1. The van der Waals surface area contributed by atoms with Crippen LogP contribution in [0.15, 0.2) is 46.6 Å². The van der Waals surface area contributed by atoms with E-state index < -0.39 is 0 Å². The quantitative estimate of drug-likeness (QED) is 0.614. The van der Waals surface area contributed by atoms with Crippen molar-refractivity contribution in [2.24, 2.45) is 10.2 Å². The first-order chi connectivity index (χ1) is 12.0. The minimum atomic E-state index is -0.186. The van der Waals surface area contributed by atoms with Crippen LogP contribution in [-0.4, -0.2) is 11.7 Å². The fourth-order valence-electron chi connectivity index (χ4n) is 2.59. The van der Waals surface area contributed by atoms with Crippen molar-refractivity contribution in [3.8, 4) is 11.5 Å². The molecule has 0 aliphatic carbocycles. The molecule has 26 heavy (non-hydrogen) atoms. The molecule has 0 saturated carbocycles. The summed E-state index contributed by atoms with van der Waals surface area (Å²) in [6.07, 6.45) is 0. The second kappa shape index (κ2) is 7.48. The van der Waals surface area contributed by atoms with Crippen molar-refractivity contribution in [3.63, 3.8) is 0 Å². The van der Waals surface area contributed by atoms with E-state index in [4.69, 9.17) is 4.74 Å². The highest BCUT2D eigenvalue weighted by Crippen LogP contribution is 2.42. The van der Waals surface area contributed by atoms with Gasteiger partial charge in [-0.05, 0) is 53.6 Å². The summed E-state index contributed by atoms with van der Waals surface area (Å²) in [5.74, 6) is 0.999. The Morgan fingerprint density at radius 2 is 1.50 bits per heavy atom. The smallest absolute Gasteiger partial charge is 0.146 e. The molecule has 140 valence electrons. The van der Waals surface area contributed by atoms with E-state index in [1.165, 1.54) is 0 Å². The zero-order valence-corrected chi connectivity index (χ0v) is 16.9. The Hall–Kier alpha value is -2.36. The van der Waals surface area contributed by atoms with Crippen LogP contribution in [0, 0.1) is 0 Å². The molecule has 0 saturated heterocycles. The lowest BCUT2D eigenvalue weighted by Gasteiger charge is -2.26. The molecule has 0 aromatic heterocycles. The van der Waals surface area contributed by atoms with E-state index in [0.29, 0.717) is 18.0 Å². The number of phenolic OH excluding ortho intramolecular Hbond substituents is 1. The molecule has 0 aliphatic rings. The van der Waals surface area contributed by atoms with Gasteiger partial charge in [0.15, 0.2) is 0 Å². The lowest BCUT2D eigenvalue weighted by atomic mass is 9.80. The van der Waals surface area contributed by atoms with Crippen LogP contribution < -0.4 is 4.74 Å². The molecule has 4 nitrogen and oxygen atoms in total. The van der Waals surface area contributed by atoms with Crippen molar-refractivity contribution >= 4 is 11.4 Å². The van der Waals surface area contributed by atoms with Gasteiger partial charge in [-0.15, -0.1) is 5.11 Å². The van der Waals surface area contributed by atoms with Crippen LogP contribution in [0.4, 0.5) is 11.4 Å². The van der Waals surface area contributed by atoms with Crippen molar-refractivity contribution in [2.45, 2.75) is 59.3 Å². The molecule has 0 aliphatic heterocycles. The molecular formula is C22H30N2O2. The van der Waals surface area contributed by atoms with Crippen molar-refractivity contribution in [2.75, 3.05) is 6.61 Å². The van der Waals surface area contributed by atoms with Gasteiger partial charge in [0.2, 0.25) is 0 Å². The molecule has 0 unspecified atom stereocenters. The summed E-state index contributed by atoms with van der Waals surface area (Å²) in [4.78, 5) is 0. The third-order valence-corrected chi connectivity index (χ3v) is 4.18. The van der Waals surface area contributed by atoms with Gasteiger partial charge in [0.1, 0.15) is 17.2 Å². The fraction of sp³-hybridized carbons (Fsp3) is 0.455. The summed E-state index contributed by atoms with van der Waals surface area (Å²) in [5.41, 5.74) is 2.99. The minimum absolute atomic E-state index is 0.0445. The maximum absolute atomic E-state index is 10.7. The average molecular weight is 354 g/mol. The van der Waals surface area contributed by atoms with E-state index >= 15 is 0 Å². The van der Waals surface area contributed by atoms with Crippen LogP contribution in [0.25, 0.3) is 0 Å². The summed E-state index contributed by atoms with van der Waals surface area (Å²) >= 11 is 0. The van der Waals surface area contributed by atoms with Gasteiger partial charge in [-0.2, -0.15) is 5.11 Å². The van der Waals surface area contributed by atoms with E-state index in [1.54, 1.807) is 0 Å². The molecule has 0 bridgehead atoms. The summed E-state index contributed by atoms with van der Waals surface area (Å²) in [7, 11) is 0. The van der Waals surface area contributed by atoms with Gasteiger partial charge in [0, 0.05) is 5.56 Å². The van der Waals surface area contributed by atoms with Crippen molar-refractivity contribution in [1.29, 1.82) is 0 Å². The highest BCUT2D eigenvalue weighted by molar-refractivity contribution is 5.60. The molecule has 0 radical (unpaired) electrons. The maximum atomic E-state index is 10.7. The highest BCUT2D eigenvalue weighted by Gasteiger charge is 2.25. The highest BCUT2D eigenvalue weighted by atomic mass is 16.5. The Labute approximate surface area is 156 Å². The van der Waals surface area contributed by atoms with Crippen LogP contribution in [0.3, 0.4) is 0 Å². The van der Waals surface area contributed by atoms with Gasteiger partial charge in [0.05, 0.1) is 12.3 Å². The normalized spacial score (nSPS) is 12.6. The van der Waals surface area contributed by atoms with Gasteiger partial charge in [-0.1, -0.05) is 47.6 Å². The van der Waals surface area contributed by atoms with Gasteiger partial charge in [-0.25, -0.2) is 0 Å². The number of hydrogen-bond acceptors (Lipinski definition) is 4. The molecule has 2 aromatic rings. The number of hydrogen-bond donors (Lipinski definition) is 1. The van der Waals surface area contributed by atoms with E-state index in [0.717, 1.165) is 16.9 Å². The SMILES string of the molecule is CCOc1ccc(N=Nc2cc(C(C)(C)C)cc(C(C)(C)C)c2O)cc1. The predicted molar refractivity (Wildman–Crippen MR) is 107 cm³/mol. The molecule has 4 heteroatoms. The summed E-state index contributed by atoms with van der Waals surface area (Å²) in [5, 5.41) is 19.4. The Morgan fingerprint density at radius 1 is 0.885 bits per heavy atom. The standard InChI is InChI=1S/C22H30N2O2/c1-8-26-17-11-9-16(10-12-17)23-24-19-14-15(21(2,3)4)13-18(20(19)25)22(5,6)7/h9-14,25H,8H2,1-7H3. The third kappa shape index (κ3) is 4.84. The van der Waals surface area contributed by atoms with Gasteiger partial charge >= 0.3 is 0 Å². The molecule has 0 amide bonds. The number of phenols is 1. The molecule has 2 aromatic carbocycles. The topological polar surface area (TPSA) is 54.2 Å². The first-order valence-corrected chi connectivity index (χ1v) is 9.05. The van der Waals surface area contributed by atoms with Crippen molar-refractivity contribution in [1.82, 2.24) is 0 Å². The number of nitrogens with zero attached hydrogens (tertiary/aromatic N) is 2. The average Bonchev–Trinajstić information content (AvgIpc) is 2.53. The van der Waals surface area contributed by atoms with Crippen molar-refractivity contribution in [3.05, 3.63) is 47.5 Å². The van der Waals surface area contributed by atoms with Crippen LogP contribution in [-0.2, 0) is 10.8 Å². The Kier molecular flexibility index (Phi) is 5.74. The van der Waals surface area contributed by atoms with Gasteiger partial charge < -0.3 is 9.84 Å². The molecule has 1 N–H and O–H groups in total. The number of aromatic hydroxyl groups is 1. The molecule has 0 fully saturated rings. The number of azo groups is 1. The Morgan fingerprint density at radius 3 is 2.00 bits per heavy atom. The summed E-state index contributed by atoms with van der Waals surface area (Å²) in [6.45, 7) is 15.3. The van der Waals surface area contributed by atoms with Gasteiger partial charge in [0.25, 0.3) is 0 Å². The summed E-state index contributed by atoms with van der Waals surface area (Å²) in [6, 6.07) is 11.4. The zero-order valence-electron chi connectivity index (χ0n) is 16.9.